The summed E-state index contributed by atoms with van der Waals surface area (Å²) in [7, 11) is -3.86. The molecule has 0 bridgehead atoms. The predicted molar refractivity (Wildman–Crippen MR) is 89.7 cm³/mol. The summed E-state index contributed by atoms with van der Waals surface area (Å²) in [5, 5.41) is 11.5. The summed E-state index contributed by atoms with van der Waals surface area (Å²) in [6, 6.07) is 4.78. The van der Waals surface area contributed by atoms with E-state index in [9.17, 15) is 13.2 Å². The van der Waals surface area contributed by atoms with E-state index in [2.05, 4.69) is 14.4 Å². The molecule has 132 valence electrons. The van der Waals surface area contributed by atoms with Gasteiger partial charge in [-0.15, -0.1) is 4.40 Å². The lowest BCUT2D eigenvalue weighted by Crippen LogP contribution is -2.51. The van der Waals surface area contributed by atoms with Crippen LogP contribution in [0.3, 0.4) is 0 Å². The number of nitrogens with two attached hydrogens (primary N) is 1. The van der Waals surface area contributed by atoms with E-state index in [1.54, 1.807) is 18.2 Å². The Hall–Kier alpha value is -2.49. The van der Waals surface area contributed by atoms with E-state index < -0.39 is 21.8 Å². The summed E-state index contributed by atoms with van der Waals surface area (Å²) in [5.74, 6) is 0.152. The first-order chi connectivity index (χ1) is 11.2. The van der Waals surface area contributed by atoms with Gasteiger partial charge in [0.05, 0.1) is 16.8 Å². The van der Waals surface area contributed by atoms with Crippen molar-refractivity contribution in [3.05, 3.63) is 23.8 Å². The zero-order valence-electron chi connectivity index (χ0n) is 13.4. The molecule has 0 radical (unpaired) electrons. The van der Waals surface area contributed by atoms with E-state index >= 15 is 0 Å². The number of benzene rings is 1. The van der Waals surface area contributed by atoms with Gasteiger partial charge in [0.1, 0.15) is 12.4 Å². The molecule has 5 N–H and O–H groups in total. The van der Waals surface area contributed by atoms with Crippen molar-refractivity contribution in [3.63, 3.8) is 0 Å². The zero-order valence-corrected chi connectivity index (χ0v) is 14.2. The fourth-order valence-corrected chi connectivity index (χ4v) is 3.29. The lowest BCUT2D eigenvalue weighted by atomic mass is 9.94. The number of carbonyl (C=O) groups is 1. The number of anilines is 1. The molecule has 0 aliphatic carbocycles. The number of fused-ring (bicyclic) bond motifs is 1. The molecule has 2 rings (SSSR count). The summed E-state index contributed by atoms with van der Waals surface area (Å²) in [5.41, 5.74) is 5.60. The van der Waals surface area contributed by atoms with E-state index in [1.807, 2.05) is 13.8 Å². The van der Waals surface area contributed by atoms with Crippen LogP contribution in [0, 0.1) is 0 Å². The van der Waals surface area contributed by atoms with Crippen LogP contribution in [0.2, 0.25) is 0 Å². The number of hydrogen-bond acceptors (Lipinski definition) is 5. The standard InChI is InChI=1S/C14H20N4O5S/c1-3-14(4-2,16-13(19)20)8-23-10-7-5-6-9-11(10)12(15)18-24(21,22)17-9/h5-7,16-17H,3-4,8H2,1-2H3,(H2,15,18)(H,19,20). The molecule has 24 heavy (non-hydrogen) atoms. The molecule has 10 heteroatoms. The summed E-state index contributed by atoms with van der Waals surface area (Å²) in [4.78, 5) is 11.0. The normalized spacial score (nSPS) is 15.7. The topological polar surface area (TPSA) is 143 Å². The van der Waals surface area contributed by atoms with E-state index in [0.29, 0.717) is 24.2 Å². The maximum absolute atomic E-state index is 11.6. The minimum Gasteiger partial charge on any atom is -0.490 e. The SMILES string of the molecule is CCC(CC)(COc1cccc2c1C(N)=NS(=O)(=O)N2)NC(=O)O. The van der Waals surface area contributed by atoms with Gasteiger partial charge in [-0.2, -0.15) is 8.42 Å². The molecule has 0 spiro atoms. The maximum atomic E-state index is 11.6. The number of amidine groups is 1. The van der Waals surface area contributed by atoms with E-state index in [0.717, 1.165) is 0 Å². The van der Waals surface area contributed by atoms with Gasteiger partial charge in [0.15, 0.2) is 5.84 Å². The van der Waals surface area contributed by atoms with Crippen molar-refractivity contribution in [2.45, 2.75) is 32.2 Å². The Bertz CT molecular complexity index is 771. The molecule has 0 unspecified atom stereocenters. The van der Waals surface area contributed by atoms with Gasteiger partial charge in [0.2, 0.25) is 0 Å². The highest BCUT2D eigenvalue weighted by molar-refractivity contribution is 7.91. The van der Waals surface area contributed by atoms with Gasteiger partial charge < -0.3 is 20.9 Å². The molecule has 1 aliphatic heterocycles. The fraction of sp³-hybridized carbons (Fsp3) is 0.429. The van der Waals surface area contributed by atoms with Gasteiger partial charge in [0.25, 0.3) is 0 Å². The Labute approximate surface area is 140 Å². The molecule has 1 amide bonds. The Morgan fingerprint density at radius 1 is 1.42 bits per heavy atom. The molecular formula is C14H20N4O5S. The van der Waals surface area contributed by atoms with Crippen molar-refractivity contribution in [1.82, 2.24) is 5.32 Å². The van der Waals surface area contributed by atoms with Crippen molar-refractivity contribution in [3.8, 4) is 5.75 Å². The van der Waals surface area contributed by atoms with Crippen LogP contribution >= 0.6 is 0 Å². The van der Waals surface area contributed by atoms with Crippen LogP contribution in [0.25, 0.3) is 0 Å². The van der Waals surface area contributed by atoms with Crippen LogP contribution in [0.4, 0.5) is 10.5 Å². The first kappa shape index (κ1) is 17.9. The molecule has 1 aromatic carbocycles. The molecule has 0 fully saturated rings. The first-order valence-corrected chi connectivity index (χ1v) is 8.81. The van der Waals surface area contributed by atoms with Crippen LogP contribution in [0.5, 0.6) is 5.75 Å². The lowest BCUT2D eigenvalue weighted by molar-refractivity contribution is 0.141. The Morgan fingerprint density at radius 3 is 2.67 bits per heavy atom. The number of nitrogens with zero attached hydrogens (tertiary/aromatic N) is 1. The number of rotatable bonds is 6. The molecule has 0 aromatic heterocycles. The minimum atomic E-state index is -3.86. The molecule has 1 heterocycles. The average Bonchev–Trinajstić information content (AvgIpc) is 2.49. The molecule has 1 aliphatic rings. The smallest absolute Gasteiger partial charge is 0.405 e. The predicted octanol–water partition coefficient (Wildman–Crippen LogP) is 1.27. The van der Waals surface area contributed by atoms with E-state index in [4.69, 9.17) is 15.6 Å². The highest BCUT2D eigenvalue weighted by Crippen LogP contribution is 2.31. The Kier molecular flexibility index (Phi) is 4.88. The van der Waals surface area contributed by atoms with Gasteiger partial charge in [-0.3, -0.25) is 4.72 Å². The Balaban J connectivity index is 2.31. The number of hydrogen-bond donors (Lipinski definition) is 4. The van der Waals surface area contributed by atoms with Gasteiger partial charge in [-0.25, -0.2) is 4.79 Å². The second-order valence-corrected chi connectivity index (χ2v) is 6.78. The van der Waals surface area contributed by atoms with E-state index in [1.165, 1.54) is 0 Å². The van der Waals surface area contributed by atoms with Crippen molar-refractivity contribution < 1.29 is 23.1 Å². The highest BCUT2D eigenvalue weighted by atomic mass is 32.2. The molecule has 0 atom stereocenters. The Morgan fingerprint density at radius 2 is 2.08 bits per heavy atom. The van der Waals surface area contributed by atoms with Crippen LogP contribution in [0.1, 0.15) is 32.3 Å². The van der Waals surface area contributed by atoms with Crippen LogP contribution in [-0.4, -0.2) is 37.6 Å². The van der Waals surface area contributed by atoms with Gasteiger partial charge in [-0.05, 0) is 25.0 Å². The summed E-state index contributed by atoms with van der Waals surface area (Å²) in [6.07, 6.45) is -0.0755. The number of carboxylic acid groups (broad SMARTS) is 1. The van der Waals surface area contributed by atoms with Gasteiger partial charge in [-0.1, -0.05) is 19.9 Å². The fourth-order valence-electron chi connectivity index (χ4n) is 2.45. The average molecular weight is 356 g/mol. The zero-order chi connectivity index (χ0) is 18.0. The minimum absolute atomic E-state index is 0.0722. The third-order valence-corrected chi connectivity index (χ3v) is 4.88. The van der Waals surface area contributed by atoms with E-state index in [-0.39, 0.29) is 18.1 Å². The van der Waals surface area contributed by atoms with Crippen molar-refractivity contribution in [2.75, 3.05) is 11.3 Å². The quantitative estimate of drug-likeness (QED) is 0.604. The summed E-state index contributed by atoms with van der Waals surface area (Å²) >= 11 is 0. The van der Waals surface area contributed by atoms with Crippen LogP contribution < -0.4 is 20.5 Å². The van der Waals surface area contributed by atoms with Crippen molar-refractivity contribution in [2.24, 2.45) is 10.1 Å². The third kappa shape index (κ3) is 3.70. The molecule has 0 saturated carbocycles. The largest absolute Gasteiger partial charge is 0.490 e. The number of amides is 1. The lowest BCUT2D eigenvalue weighted by Gasteiger charge is -2.32. The van der Waals surface area contributed by atoms with Crippen LogP contribution in [0.15, 0.2) is 22.6 Å². The first-order valence-electron chi connectivity index (χ1n) is 7.37. The molecule has 1 aromatic rings. The molecule has 9 nitrogen and oxygen atoms in total. The molecular weight excluding hydrogens is 336 g/mol. The van der Waals surface area contributed by atoms with Crippen molar-refractivity contribution >= 4 is 27.8 Å². The monoisotopic (exact) mass is 356 g/mol. The number of ether oxygens (including phenoxy) is 1. The summed E-state index contributed by atoms with van der Waals surface area (Å²) in [6.45, 7) is 3.78. The second kappa shape index (κ2) is 6.56. The maximum Gasteiger partial charge on any atom is 0.405 e. The van der Waals surface area contributed by atoms with Gasteiger partial charge in [0, 0.05) is 0 Å². The highest BCUT2D eigenvalue weighted by Gasteiger charge is 2.31. The number of nitrogens with one attached hydrogen (secondary N) is 2. The van der Waals surface area contributed by atoms with Crippen molar-refractivity contribution in [1.29, 1.82) is 0 Å². The second-order valence-electron chi connectivity index (χ2n) is 5.44. The third-order valence-electron chi connectivity index (χ3n) is 3.97. The van der Waals surface area contributed by atoms with Crippen LogP contribution in [-0.2, 0) is 10.2 Å². The van der Waals surface area contributed by atoms with Gasteiger partial charge >= 0.3 is 16.3 Å². The molecule has 0 saturated heterocycles. The summed E-state index contributed by atoms with van der Waals surface area (Å²) < 4.78 is 34.6.